The summed E-state index contributed by atoms with van der Waals surface area (Å²) in [6.07, 6.45) is 22.0. The van der Waals surface area contributed by atoms with Gasteiger partial charge in [0, 0.05) is 0 Å². The van der Waals surface area contributed by atoms with E-state index >= 15 is 0 Å². The molecule has 0 N–H and O–H groups in total. The molecule has 2 aliphatic rings. The Morgan fingerprint density at radius 1 is 0.800 bits per heavy atom. The monoisotopic (exact) mass is 256 g/mol. The van der Waals surface area contributed by atoms with Crippen LogP contribution in [0.5, 0.6) is 0 Å². The van der Waals surface area contributed by atoms with Crippen molar-refractivity contribution in [2.24, 2.45) is 0 Å². The molecule has 1 aromatic carbocycles. The summed E-state index contributed by atoms with van der Waals surface area (Å²) >= 11 is 0. The zero-order valence-electron chi connectivity index (χ0n) is 11.3. The highest BCUT2D eigenvalue weighted by atomic mass is 14.1. The summed E-state index contributed by atoms with van der Waals surface area (Å²) in [7, 11) is 0. The van der Waals surface area contributed by atoms with Crippen LogP contribution in [0.1, 0.15) is 17.5 Å². The molecule has 0 aliphatic heterocycles. The van der Waals surface area contributed by atoms with Gasteiger partial charge in [0.1, 0.15) is 0 Å². The SMILES string of the molecule is C1=CC=CC(c2cccc(C3=CC=CCC=C3)c2)=CC=1. The molecule has 0 heterocycles. The van der Waals surface area contributed by atoms with Crippen LogP contribution in [0.4, 0.5) is 0 Å². The van der Waals surface area contributed by atoms with E-state index in [1.165, 1.54) is 22.3 Å². The molecule has 0 fully saturated rings. The predicted octanol–water partition coefficient (Wildman–Crippen LogP) is 5.25. The molecule has 3 rings (SSSR count). The maximum atomic E-state index is 3.09. The lowest BCUT2D eigenvalue weighted by molar-refractivity contribution is 1.41. The smallest absolute Gasteiger partial charge is 0.0163 e. The zero-order chi connectivity index (χ0) is 13.6. The van der Waals surface area contributed by atoms with Crippen LogP contribution in [0.15, 0.2) is 90.8 Å². The summed E-state index contributed by atoms with van der Waals surface area (Å²) in [4.78, 5) is 0. The van der Waals surface area contributed by atoms with Crippen molar-refractivity contribution in [1.29, 1.82) is 0 Å². The van der Waals surface area contributed by atoms with Crippen molar-refractivity contribution < 1.29 is 0 Å². The van der Waals surface area contributed by atoms with Crippen LogP contribution in [0, 0.1) is 0 Å². The fourth-order valence-corrected chi connectivity index (χ4v) is 2.30. The van der Waals surface area contributed by atoms with Gasteiger partial charge in [0.2, 0.25) is 0 Å². The Kier molecular flexibility index (Phi) is 3.78. The second-order valence-electron chi connectivity index (χ2n) is 4.75. The summed E-state index contributed by atoms with van der Waals surface area (Å²) in [5, 5.41) is 0. The van der Waals surface area contributed by atoms with E-state index in [9.17, 15) is 0 Å². The fraction of sp³-hybridized carbons (Fsp3) is 0.0500. The van der Waals surface area contributed by atoms with Crippen molar-refractivity contribution in [3.63, 3.8) is 0 Å². The van der Waals surface area contributed by atoms with E-state index in [-0.39, 0.29) is 0 Å². The quantitative estimate of drug-likeness (QED) is 0.634. The summed E-state index contributed by atoms with van der Waals surface area (Å²) in [6.45, 7) is 0. The average molecular weight is 256 g/mol. The van der Waals surface area contributed by atoms with Crippen LogP contribution in [0.25, 0.3) is 11.1 Å². The van der Waals surface area contributed by atoms with Crippen molar-refractivity contribution in [1.82, 2.24) is 0 Å². The van der Waals surface area contributed by atoms with Gasteiger partial charge in [0.15, 0.2) is 0 Å². The lowest BCUT2D eigenvalue weighted by Gasteiger charge is -2.06. The molecular formula is C20H16. The standard InChI is InChI=1S/C20H16/c1-2-6-11-17(10-5-1)19-14-9-15-20(16-19)18-12-7-3-4-8-13-18/h1,3,5-16H,2H2. The number of hydrogen-bond donors (Lipinski definition) is 0. The summed E-state index contributed by atoms with van der Waals surface area (Å²) in [6, 6.07) is 8.67. The third-order valence-corrected chi connectivity index (χ3v) is 3.34. The highest BCUT2D eigenvalue weighted by Gasteiger charge is 2.03. The van der Waals surface area contributed by atoms with E-state index in [0.717, 1.165) is 6.42 Å². The van der Waals surface area contributed by atoms with Gasteiger partial charge < -0.3 is 0 Å². The zero-order valence-corrected chi connectivity index (χ0v) is 11.3. The van der Waals surface area contributed by atoms with Gasteiger partial charge in [-0.3, -0.25) is 0 Å². The van der Waals surface area contributed by atoms with E-state index in [2.05, 4.69) is 72.5 Å². The van der Waals surface area contributed by atoms with Crippen LogP contribution in [-0.4, -0.2) is 0 Å². The third-order valence-electron chi connectivity index (χ3n) is 3.34. The molecular weight excluding hydrogens is 240 g/mol. The molecule has 0 atom stereocenters. The topological polar surface area (TPSA) is 0 Å². The van der Waals surface area contributed by atoms with Crippen LogP contribution in [0.2, 0.25) is 0 Å². The third kappa shape index (κ3) is 2.88. The average Bonchev–Trinajstić information content (AvgIpc) is 2.92. The Morgan fingerprint density at radius 2 is 1.65 bits per heavy atom. The molecule has 0 unspecified atom stereocenters. The minimum absolute atomic E-state index is 1.00. The minimum atomic E-state index is 1.00. The van der Waals surface area contributed by atoms with Crippen LogP contribution >= 0.6 is 0 Å². The van der Waals surface area contributed by atoms with Crippen molar-refractivity contribution in [2.45, 2.75) is 6.42 Å². The van der Waals surface area contributed by atoms with E-state index in [1.807, 2.05) is 18.2 Å². The number of benzene rings is 1. The van der Waals surface area contributed by atoms with Gasteiger partial charge in [-0.15, -0.1) is 5.73 Å². The maximum absolute atomic E-state index is 3.09. The molecule has 0 spiro atoms. The molecule has 20 heavy (non-hydrogen) atoms. The number of allylic oxidation sites excluding steroid dienone is 11. The Labute approximate surface area is 120 Å². The van der Waals surface area contributed by atoms with Gasteiger partial charge in [0.25, 0.3) is 0 Å². The van der Waals surface area contributed by atoms with Crippen LogP contribution in [-0.2, 0) is 0 Å². The highest BCUT2D eigenvalue weighted by Crippen LogP contribution is 2.24. The van der Waals surface area contributed by atoms with E-state index in [1.54, 1.807) is 0 Å². The molecule has 0 radical (unpaired) electrons. The van der Waals surface area contributed by atoms with Crippen molar-refractivity contribution in [3.8, 4) is 0 Å². The van der Waals surface area contributed by atoms with Gasteiger partial charge >= 0.3 is 0 Å². The predicted molar refractivity (Wildman–Crippen MR) is 87.1 cm³/mol. The van der Waals surface area contributed by atoms with Gasteiger partial charge in [-0.2, -0.15) is 0 Å². The van der Waals surface area contributed by atoms with Crippen LogP contribution in [0.3, 0.4) is 0 Å². The molecule has 0 heteroatoms. The minimum Gasteiger partial charge on any atom is -0.121 e. The first kappa shape index (κ1) is 12.5. The molecule has 0 aromatic heterocycles. The molecule has 0 bridgehead atoms. The normalized spacial score (nSPS) is 16.6. The first-order chi connectivity index (χ1) is 9.93. The lowest BCUT2D eigenvalue weighted by Crippen LogP contribution is -1.86. The summed E-state index contributed by atoms with van der Waals surface area (Å²) in [5.74, 6) is 0. The molecule has 0 saturated carbocycles. The van der Waals surface area contributed by atoms with Gasteiger partial charge in [0.05, 0.1) is 0 Å². The molecule has 0 saturated heterocycles. The summed E-state index contributed by atoms with van der Waals surface area (Å²) < 4.78 is 0. The molecule has 0 nitrogen and oxygen atoms in total. The Hall–Kier alpha value is -2.56. The highest BCUT2D eigenvalue weighted by molar-refractivity contribution is 5.81. The second kappa shape index (κ2) is 6.06. The molecule has 2 aliphatic carbocycles. The largest absolute Gasteiger partial charge is 0.121 e. The second-order valence-corrected chi connectivity index (χ2v) is 4.75. The molecule has 96 valence electrons. The lowest BCUT2D eigenvalue weighted by atomic mass is 9.98. The fourth-order valence-electron chi connectivity index (χ4n) is 2.30. The van der Waals surface area contributed by atoms with Crippen molar-refractivity contribution in [2.75, 3.05) is 0 Å². The van der Waals surface area contributed by atoms with Crippen molar-refractivity contribution in [3.05, 3.63) is 102 Å². The van der Waals surface area contributed by atoms with Gasteiger partial charge in [-0.25, -0.2) is 0 Å². The Morgan fingerprint density at radius 3 is 2.55 bits per heavy atom. The first-order valence-corrected chi connectivity index (χ1v) is 6.87. The van der Waals surface area contributed by atoms with E-state index < -0.39 is 0 Å². The Bertz CT molecular complexity index is 695. The molecule has 1 aromatic rings. The molecule has 0 amide bonds. The van der Waals surface area contributed by atoms with E-state index in [0.29, 0.717) is 0 Å². The number of rotatable bonds is 2. The first-order valence-electron chi connectivity index (χ1n) is 6.87. The Balaban J connectivity index is 1.98. The van der Waals surface area contributed by atoms with E-state index in [4.69, 9.17) is 0 Å². The maximum Gasteiger partial charge on any atom is -0.0163 e. The van der Waals surface area contributed by atoms with Gasteiger partial charge in [-0.1, -0.05) is 60.7 Å². The van der Waals surface area contributed by atoms with Crippen molar-refractivity contribution >= 4 is 11.1 Å². The summed E-state index contributed by atoms with van der Waals surface area (Å²) in [5.41, 5.74) is 8.04. The van der Waals surface area contributed by atoms with Gasteiger partial charge in [-0.05, 0) is 53.0 Å². The van der Waals surface area contributed by atoms with Crippen LogP contribution < -0.4 is 0 Å². The number of hydrogen-bond acceptors (Lipinski definition) is 0.